The van der Waals surface area contributed by atoms with E-state index in [9.17, 15) is 0 Å². The lowest BCUT2D eigenvalue weighted by molar-refractivity contribution is 0.00578. The van der Waals surface area contributed by atoms with Crippen molar-refractivity contribution < 1.29 is 9.31 Å². The molecule has 0 bridgehead atoms. The Balaban J connectivity index is 1.48. The number of para-hydroxylation sites is 1. The lowest BCUT2D eigenvalue weighted by Gasteiger charge is -2.32. The van der Waals surface area contributed by atoms with Crippen LogP contribution in [-0.2, 0) is 9.31 Å². The van der Waals surface area contributed by atoms with E-state index < -0.39 is 18.3 Å². The zero-order chi connectivity index (χ0) is 27.7. The molecule has 4 heteroatoms. The van der Waals surface area contributed by atoms with Crippen molar-refractivity contribution in [2.75, 3.05) is 4.90 Å². The van der Waals surface area contributed by atoms with Gasteiger partial charge in [0.2, 0.25) is 0 Å². The average molecular weight is 523 g/mol. The molecule has 0 spiro atoms. The molecule has 6 rings (SSSR count). The largest absolute Gasteiger partial charge is 0.494 e. The summed E-state index contributed by atoms with van der Waals surface area (Å²) in [7, 11) is -0.433. The second kappa shape index (κ2) is 10.5. The van der Waals surface area contributed by atoms with E-state index in [4.69, 9.17) is 9.31 Å². The monoisotopic (exact) mass is 523 g/mol. The summed E-state index contributed by atoms with van der Waals surface area (Å²) in [5, 5.41) is 0. The third-order valence-corrected chi connectivity index (χ3v) is 8.12. The van der Waals surface area contributed by atoms with Crippen LogP contribution in [0.2, 0.25) is 0 Å². The molecule has 1 heterocycles. The number of nitrogens with zero attached hydrogens (tertiary/aromatic N) is 1. The maximum atomic E-state index is 6.43. The minimum Gasteiger partial charge on any atom is -0.399 e. The predicted octanol–water partition coefficient (Wildman–Crippen LogP) is 8.79. The highest BCUT2D eigenvalue weighted by Crippen LogP contribution is 2.42. The van der Waals surface area contributed by atoms with Gasteiger partial charge in [-0.15, -0.1) is 0 Å². The first-order valence-corrected chi connectivity index (χ1v) is 13.9. The van der Waals surface area contributed by atoms with Gasteiger partial charge in [0.05, 0.1) is 16.9 Å². The van der Waals surface area contributed by atoms with Crippen LogP contribution in [0.4, 0.5) is 17.1 Å². The molecule has 0 saturated carbocycles. The molecule has 0 N–H and O–H groups in total. The zero-order valence-electron chi connectivity index (χ0n) is 23.5. The zero-order valence-corrected chi connectivity index (χ0v) is 23.5. The van der Waals surface area contributed by atoms with Crippen molar-refractivity contribution in [2.45, 2.75) is 38.9 Å². The molecular formula is C36H34BNO2. The van der Waals surface area contributed by atoms with E-state index in [1.807, 2.05) is 6.07 Å². The first-order chi connectivity index (χ1) is 19.3. The van der Waals surface area contributed by atoms with Crippen LogP contribution in [0.1, 0.15) is 27.7 Å². The summed E-state index contributed by atoms with van der Waals surface area (Å²) < 4.78 is 12.9. The van der Waals surface area contributed by atoms with Gasteiger partial charge in [-0.1, -0.05) is 103 Å². The summed E-state index contributed by atoms with van der Waals surface area (Å²) >= 11 is 0. The highest BCUT2D eigenvalue weighted by Gasteiger charge is 2.51. The van der Waals surface area contributed by atoms with E-state index in [2.05, 4.69) is 160 Å². The molecule has 40 heavy (non-hydrogen) atoms. The topological polar surface area (TPSA) is 21.7 Å². The van der Waals surface area contributed by atoms with E-state index >= 15 is 0 Å². The molecule has 0 aromatic heterocycles. The van der Waals surface area contributed by atoms with Crippen LogP contribution in [0.15, 0.2) is 133 Å². The molecule has 0 aliphatic carbocycles. The van der Waals surface area contributed by atoms with E-state index in [0.29, 0.717) is 0 Å². The van der Waals surface area contributed by atoms with Crippen molar-refractivity contribution in [1.82, 2.24) is 0 Å². The molecule has 1 aliphatic heterocycles. The number of hydrogen-bond acceptors (Lipinski definition) is 3. The fourth-order valence-electron chi connectivity index (χ4n) is 5.16. The number of benzene rings is 5. The van der Waals surface area contributed by atoms with Crippen molar-refractivity contribution in [3.8, 4) is 22.3 Å². The quantitative estimate of drug-likeness (QED) is 0.208. The second-order valence-electron chi connectivity index (χ2n) is 11.3. The number of anilines is 3. The van der Waals surface area contributed by atoms with Crippen LogP contribution in [0, 0.1) is 0 Å². The van der Waals surface area contributed by atoms with Crippen molar-refractivity contribution >= 4 is 29.6 Å². The maximum Gasteiger partial charge on any atom is 0.494 e. The van der Waals surface area contributed by atoms with Crippen molar-refractivity contribution in [3.63, 3.8) is 0 Å². The second-order valence-corrected chi connectivity index (χ2v) is 11.3. The molecule has 5 aromatic carbocycles. The van der Waals surface area contributed by atoms with Crippen LogP contribution in [0.5, 0.6) is 0 Å². The lowest BCUT2D eigenvalue weighted by atomic mass is 9.77. The van der Waals surface area contributed by atoms with Crippen molar-refractivity contribution in [2.24, 2.45) is 0 Å². The molecule has 0 atom stereocenters. The van der Waals surface area contributed by atoms with Gasteiger partial charge in [-0.2, -0.15) is 0 Å². The van der Waals surface area contributed by atoms with Gasteiger partial charge in [0.1, 0.15) is 0 Å². The normalized spacial score (nSPS) is 15.7. The van der Waals surface area contributed by atoms with Gasteiger partial charge in [-0.25, -0.2) is 0 Å². The smallest absolute Gasteiger partial charge is 0.399 e. The molecule has 0 radical (unpaired) electrons. The number of rotatable bonds is 6. The Morgan fingerprint density at radius 2 is 0.975 bits per heavy atom. The van der Waals surface area contributed by atoms with Gasteiger partial charge in [0.15, 0.2) is 0 Å². The molecule has 1 fully saturated rings. The first-order valence-electron chi connectivity index (χ1n) is 13.9. The Morgan fingerprint density at radius 3 is 1.55 bits per heavy atom. The summed E-state index contributed by atoms with van der Waals surface area (Å²) in [6.45, 7) is 8.37. The van der Waals surface area contributed by atoms with E-state index in [-0.39, 0.29) is 0 Å². The van der Waals surface area contributed by atoms with Gasteiger partial charge in [-0.05, 0) is 80.2 Å². The molecule has 3 nitrogen and oxygen atoms in total. The van der Waals surface area contributed by atoms with Crippen LogP contribution in [0.25, 0.3) is 22.3 Å². The van der Waals surface area contributed by atoms with Gasteiger partial charge in [0, 0.05) is 16.9 Å². The third kappa shape index (κ3) is 4.97. The van der Waals surface area contributed by atoms with Crippen LogP contribution in [0.3, 0.4) is 0 Å². The fourth-order valence-corrected chi connectivity index (χ4v) is 5.16. The highest BCUT2D eigenvalue weighted by atomic mass is 16.7. The highest BCUT2D eigenvalue weighted by molar-refractivity contribution is 6.62. The minimum atomic E-state index is -0.433. The molecule has 198 valence electrons. The Labute approximate surface area is 238 Å². The Kier molecular flexibility index (Phi) is 6.83. The summed E-state index contributed by atoms with van der Waals surface area (Å²) in [5.41, 5.74) is 8.12. The van der Waals surface area contributed by atoms with Gasteiger partial charge in [0.25, 0.3) is 0 Å². The number of hydrogen-bond donors (Lipinski definition) is 0. The van der Waals surface area contributed by atoms with E-state index in [1.54, 1.807) is 0 Å². The Morgan fingerprint density at radius 1 is 0.500 bits per heavy atom. The van der Waals surface area contributed by atoms with Gasteiger partial charge in [-0.3, -0.25) is 0 Å². The predicted molar refractivity (Wildman–Crippen MR) is 168 cm³/mol. The SMILES string of the molecule is CC1(C)OB(c2ccc(N(c3ccccc3)c3ccc(-c4ccccc4)cc3)c(-c3ccccc3)c2)OC1(C)C. The Hall–Kier alpha value is -4.12. The van der Waals surface area contributed by atoms with E-state index in [1.165, 1.54) is 11.1 Å². The summed E-state index contributed by atoms with van der Waals surface area (Å²) in [5.74, 6) is 0. The van der Waals surface area contributed by atoms with Gasteiger partial charge >= 0.3 is 7.12 Å². The van der Waals surface area contributed by atoms with E-state index in [0.717, 1.165) is 33.7 Å². The summed E-state index contributed by atoms with van der Waals surface area (Å²) in [6, 6.07) is 46.9. The lowest BCUT2D eigenvalue weighted by Crippen LogP contribution is -2.41. The maximum absolute atomic E-state index is 6.43. The molecule has 5 aromatic rings. The third-order valence-electron chi connectivity index (χ3n) is 8.12. The van der Waals surface area contributed by atoms with Crippen LogP contribution in [-0.4, -0.2) is 18.3 Å². The first kappa shape index (κ1) is 26.1. The standard InChI is InChI=1S/C36H34BNO2/c1-35(2)36(3,4)40-37(39-35)30-22-25-34(33(26-30)29-16-10-6-11-17-29)38(31-18-12-7-13-19-31)32-23-20-28(21-24-32)27-14-8-5-9-15-27/h5-26H,1-4H3. The molecular weight excluding hydrogens is 489 g/mol. The Bertz CT molecular complexity index is 1570. The fraction of sp³-hybridized carbons (Fsp3) is 0.167. The van der Waals surface area contributed by atoms with Gasteiger partial charge < -0.3 is 14.2 Å². The average Bonchev–Trinajstić information content (AvgIpc) is 3.21. The summed E-state index contributed by atoms with van der Waals surface area (Å²) in [4.78, 5) is 2.32. The molecule has 0 amide bonds. The van der Waals surface area contributed by atoms with Crippen molar-refractivity contribution in [3.05, 3.63) is 133 Å². The minimum absolute atomic E-state index is 0.403. The van der Waals surface area contributed by atoms with Crippen LogP contribution < -0.4 is 10.4 Å². The molecule has 0 unspecified atom stereocenters. The summed E-state index contributed by atoms with van der Waals surface area (Å²) in [6.07, 6.45) is 0. The molecule has 1 aliphatic rings. The molecule has 1 saturated heterocycles. The van der Waals surface area contributed by atoms with Crippen LogP contribution >= 0.6 is 0 Å². The van der Waals surface area contributed by atoms with Crippen molar-refractivity contribution in [1.29, 1.82) is 0 Å².